The van der Waals surface area contributed by atoms with E-state index in [-0.39, 0.29) is 5.82 Å². The number of nitrogen functional groups attached to an aromatic ring is 1. The summed E-state index contributed by atoms with van der Waals surface area (Å²) < 4.78 is 0. The van der Waals surface area contributed by atoms with Crippen LogP contribution in [0, 0.1) is 11.3 Å². The highest BCUT2D eigenvalue weighted by Gasteiger charge is 2.22. The van der Waals surface area contributed by atoms with Gasteiger partial charge in [-0.3, -0.25) is 10.1 Å². The fourth-order valence-corrected chi connectivity index (χ4v) is 5.52. The molecule has 0 saturated heterocycles. The van der Waals surface area contributed by atoms with Crippen molar-refractivity contribution >= 4 is 33.2 Å². The lowest BCUT2D eigenvalue weighted by molar-refractivity contribution is 0.687. The second kappa shape index (κ2) is 8.93. The van der Waals surface area contributed by atoms with E-state index in [4.69, 9.17) is 15.7 Å². The van der Waals surface area contributed by atoms with Crippen molar-refractivity contribution in [3.63, 3.8) is 0 Å². The van der Waals surface area contributed by atoms with E-state index >= 15 is 0 Å². The van der Waals surface area contributed by atoms with Crippen LogP contribution in [0.4, 0.5) is 11.6 Å². The smallest absolute Gasteiger partial charge is 0.164 e. The number of nitrogens with one attached hydrogen (secondary N) is 2. The summed E-state index contributed by atoms with van der Waals surface area (Å²) in [6.45, 7) is 0.833. The monoisotopic (exact) mass is 444 g/mol. The Morgan fingerprint density at radius 3 is 3.00 bits per heavy atom. The molecule has 0 bridgehead atoms. The number of aromatic amines is 1. The zero-order valence-electron chi connectivity index (χ0n) is 17.7. The van der Waals surface area contributed by atoms with Gasteiger partial charge in [-0.1, -0.05) is 6.42 Å². The van der Waals surface area contributed by atoms with Crippen LogP contribution in [0.1, 0.15) is 47.4 Å². The third-order valence-corrected chi connectivity index (χ3v) is 7.05. The van der Waals surface area contributed by atoms with Crippen LogP contribution in [-0.4, -0.2) is 31.7 Å². The quantitative estimate of drug-likeness (QED) is 0.347. The van der Waals surface area contributed by atoms with Gasteiger partial charge in [-0.25, -0.2) is 9.97 Å². The van der Waals surface area contributed by atoms with Gasteiger partial charge in [-0.15, -0.1) is 11.3 Å². The number of hydrogen-bond donors (Lipinski definition) is 3. The number of H-pyrrole nitrogens is 1. The van der Waals surface area contributed by atoms with Gasteiger partial charge in [-0.05, 0) is 56.2 Å². The Kier molecular flexibility index (Phi) is 5.69. The van der Waals surface area contributed by atoms with Gasteiger partial charge >= 0.3 is 0 Å². The summed E-state index contributed by atoms with van der Waals surface area (Å²) in [5, 5.41) is 20.8. The van der Waals surface area contributed by atoms with Crippen molar-refractivity contribution in [1.82, 2.24) is 25.1 Å². The molecule has 4 aromatic rings. The van der Waals surface area contributed by atoms with E-state index in [1.807, 2.05) is 18.3 Å². The number of anilines is 2. The van der Waals surface area contributed by atoms with Gasteiger partial charge in [0.2, 0.25) is 0 Å². The molecule has 0 radical (unpaired) electrons. The molecule has 8 nitrogen and oxygen atoms in total. The topological polar surface area (TPSA) is 129 Å². The minimum absolute atomic E-state index is 0.282. The minimum atomic E-state index is 0.282. The molecule has 0 fully saturated rings. The molecular formula is C23H24N8S. The molecule has 4 N–H and O–H groups in total. The number of hydrogen-bond acceptors (Lipinski definition) is 8. The van der Waals surface area contributed by atoms with Crippen molar-refractivity contribution in [2.24, 2.45) is 0 Å². The van der Waals surface area contributed by atoms with E-state index in [1.165, 1.54) is 22.2 Å². The van der Waals surface area contributed by atoms with Crippen molar-refractivity contribution in [2.45, 2.75) is 44.9 Å². The summed E-state index contributed by atoms with van der Waals surface area (Å²) in [5.74, 6) is 1.93. The number of rotatable bonds is 8. The molecule has 0 amide bonds. The predicted octanol–water partition coefficient (Wildman–Crippen LogP) is 4.24. The third-order valence-electron chi connectivity index (χ3n) is 5.86. The van der Waals surface area contributed by atoms with Gasteiger partial charge in [0, 0.05) is 29.4 Å². The van der Waals surface area contributed by atoms with Crippen molar-refractivity contribution in [1.29, 1.82) is 5.26 Å². The fourth-order valence-electron chi connectivity index (χ4n) is 4.26. The molecule has 5 rings (SSSR count). The Morgan fingerprint density at radius 2 is 2.16 bits per heavy atom. The van der Waals surface area contributed by atoms with Crippen molar-refractivity contribution in [3.05, 3.63) is 46.2 Å². The van der Waals surface area contributed by atoms with Crippen molar-refractivity contribution < 1.29 is 0 Å². The molecular weight excluding hydrogens is 420 g/mol. The van der Waals surface area contributed by atoms with Crippen LogP contribution in [0.25, 0.3) is 21.6 Å². The maximum absolute atomic E-state index is 9.18. The number of thiophene rings is 1. The van der Waals surface area contributed by atoms with Crippen LogP contribution in [0.3, 0.4) is 0 Å². The second-order valence-corrected chi connectivity index (χ2v) is 9.07. The number of fused-ring (bicyclic) bond motifs is 3. The summed E-state index contributed by atoms with van der Waals surface area (Å²) in [4.78, 5) is 16.5. The molecule has 162 valence electrons. The molecule has 0 spiro atoms. The average Bonchev–Trinajstić information content (AvgIpc) is 3.50. The van der Waals surface area contributed by atoms with Crippen LogP contribution < -0.4 is 11.1 Å². The molecule has 4 aromatic heterocycles. The Hall–Kier alpha value is -3.51. The normalized spacial score (nSPS) is 12.7. The molecule has 1 aliphatic carbocycles. The van der Waals surface area contributed by atoms with Gasteiger partial charge in [-0.2, -0.15) is 10.4 Å². The first-order valence-electron chi connectivity index (χ1n) is 10.9. The fraction of sp³-hybridized carbons (Fsp3) is 0.348. The molecule has 9 heteroatoms. The zero-order valence-corrected chi connectivity index (χ0v) is 18.5. The standard InChI is InChI=1S/C23H24N8S/c24-12-16-17(30-31-20(16)25)8-2-1-3-11-27-22-19-15-7-4-9-18(15)32-23(19)29-21(28-22)14-6-5-10-26-13-14/h5-6,10,13H,1-4,7-9,11H2,(H3,25,30,31)(H,27,28,29). The molecule has 4 heterocycles. The molecule has 1 aliphatic rings. The number of aryl methyl sites for hydroxylation is 3. The molecule has 0 unspecified atom stereocenters. The van der Waals surface area contributed by atoms with Gasteiger partial charge in [0.05, 0.1) is 11.1 Å². The highest BCUT2D eigenvalue weighted by atomic mass is 32.1. The lowest BCUT2D eigenvalue weighted by Gasteiger charge is -2.10. The number of nitriles is 1. The zero-order chi connectivity index (χ0) is 21.9. The van der Waals surface area contributed by atoms with Gasteiger partial charge in [0.25, 0.3) is 0 Å². The summed E-state index contributed by atoms with van der Waals surface area (Å²) in [5.41, 5.74) is 9.36. The van der Waals surface area contributed by atoms with Crippen molar-refractivity contribution in [2.75, 3.05) is 17.6 Å². The second-order valence-electron chi connectivity index (χ2n) is 7.99. The molecule has 0 aliphatic heterocycles. The highest BCUT2D eigenvalue weighted by molar-refractivity contribution is 7.19. The highest BCUT2D eigenvalue weighted by Crippen LogP contribution is 2.40. The minimum Gasteiger partial charge on any atom is -0.381 e. The van der Waals surface area contributed by atoms with Crippen LogP contribution in [0.15, 0.2) is 24.5 Å². The Labute approximate surface area is 189 Å². The Bertz CT molecular complexity index is 1290. The third kappa shape index (κ3) is 3.89. The number of unbranched alkanes of at least 4 members (excludes halogenated alkanes) is 2. The van der Waals surface area contributed by atoms with E-state index in [0.29, 0.717) is 11.4 Å². The summed E-state index contributed by atoms with van der Waals surface area (Å²) in [6.07, 6.45) is 10.8. The molecule has 32 heavy (non-hydrogen) atoms. The first-order valence-corrected chi connectivity index (χ1v) is 11.8. The van der Waals surface area contributed by atoms with Crippen LogP contribution in [0.2, 0.25) is 0 Å². The summed E-state index contributed by atoms with van der Waals surface area (Å²) in [7, 11) is 0. The van der Waals surface area contributed by atoms with Gasteiger partial charge < -0.3 is 11.1 Å². The van der Waals surface area contributed by atoms with Gasteiger partial charge in [0.1, 0.15) is 22.3 Å². The number of pyridine rings is 1. The molecule has 0 saturated carbocycles. The maximum atomic E-state index is 9.18. The number of aromatic nitrogens is 5. The van der Waals surface area contributed by atoms with E-state index in [1.54, 1.807) is 17.5 Å². The van der Waals surface area contributed by atoms with Crippen LogP contribution in [-0.2, 0) is 19.3 Å². The van der Waals surface area contributed by atoms with Crippen LogP contribution in [0.5, 0.6) is 0 Å². The first-order chi connectivity index (χ1) is 15.7. The SMILES string of the molecule is N#Cc1c(N)n[nH]c1CCCCCNc1nc(-c2cccnc2)nc2sc3c(c12)CCC3. The average molecular weight is 445 g/mol. The van der Waals surface area contributed by atoms with E-state index in [9.17, 15) is 5.26 Å². The number of nitrogens with two attached hydrogens (primary N) is 1. The summed E-state index contributed by atoms with van der Waals surface area (Å²) in [6, 6.07) is 6.03. The lowest BCUT2D eigenvalue weighted by atomic mass is 10.1. The molecule has 0 aromatic carbocycles. The largest absolute Gasteiger partial charge is 0.381 e. The van der Waals surface area contributed by atoms with E-state index in [0.717, 1.165) is 67.0 Å². The maximum Gasteiger partial charge on any atom is 0.164 e. The first kappa shape index (κ1) is 20.4. The Morgan fingerprint density at radius 1 is 1.22 bits per heavy atom. The van der Waals surface area contributed by atoms with E-state index < -0.39 is 0 Å². The van der Waals surface area contributed by atoms with E-state index in [2.05, 4.69) is 26.6 Å². The lowest BCUT2D eigenvalue weighted by Crippen LogP contribution is -2.06. The predicted molar refractivity (Wildman–Crippen MR) is 126 cm³/mol. The van der Waals surface area contributed by atoms with Crippen LogP contribution >= 0.6 is 11.3 Å². The Balaban J connectivity index is 1.27. The molecule has 0 atom stereocenters. The number of nitrogens with zero attached hydrogens (tertiary/aromatic N) is 5. The van der Waals surface area contributed by atoms with Gasteiger partial charge in [0.15, 0.2) is 11.6 Å². The van der Waals surface area contributed by atoms with Crippen molar-refractivity contribution in [3.8, 4) is 17.5 Å². The summed E-state index contributed by atoms with van der Waals surface area (Å²) >= 11 is 1.80.